The Kier molecular flexibility index (Phi) is 5.04. The molecule has 0 radical (unpaired) electrons. The van der Waals surface area contributed by atoms with Gasteiger partial charge in [0.05, 0.1) is 4.90 Å². The minimum Gasteiger partial charge on any atom is -0.384 e. The summed E-state index contributed by atoms with van der Waals surface area (Å²) in [6.07, 6.45) is 1.85. The molecule has 0 aromatic heterocycles. The van der Waals surface area contributed by atoms with Crippen molar-refractivity contribution < 1.29 is 13.5 Å². The van der Waals surface area contributed by atoms with Crippen LogP contribution in [0.2, 0.25) is 0 Å². The summed E-state index contributed by atoms with van der Waals surface area (Å²) >= 11 is 0. The van der Waals surface area contributed by atoms with Gasteiger partial charge < -0.3 is 5.11 Å². The summed E-state index contributed by atoms with van der Waals surface area (Å²) < 4.78 is 27.5. The zero-order valence-electron chi connectivity index (χ0n) is 12.4. The van der Waals surface area contributed by atoms with Crippen LogP contribution in [0.25, 0.3) is 0 Å². The fourth-order valence-electron chi connectivity index (χ4n) is 2.22. The average molecular weight is 307 g/mol. The van der Waals surface area contributed by atoms with Crippen molar-refractivity contribution in [3.63, 3.8) is 0 Å². The SMILES string of the molecule is CC(C)CN(C1CC1)S(=O)(=O)c1ccccc1C#CCO. The lowest BCUT2D eigenvalue weighted by atomic mass is 10.2. The van der Waals surface area contributed by atoms with Gasteiger partial charge in [-0.3, -0.25) is 0 Å². The van der Waals surface area contributed by atoms with E-state index in [9.17, 15) is 8.42 Å². The van der Waals surface area contributed by atoms with Gasteiger partial charge in [0, 0.05) is 18.2 Å². The number of sulfonamides is 1. The van der Waals surface area contributed by atoms with Crippen molar-refractivity contribution in [3.8, 4) is 11.8 Å². The molecule has 1 aromatic carbocycles. The maximum Gasteiger partial charge on any atom is 0.244 e. The molecule has 1 aliphatic rings. The Hall–Kier alpha value is -1.35. The van der Waals surface area contributed by atoms with Gasteiger partial charge in [-0.25, -0.2) is 8.42 Å². The molecule has 114 valence electrons. The predicted octanol–water partition coefficient (Wildman–Crippen LogP) is 1.84. The summed E-state index contributed by atoms with van der Waals surface area (Å²) in [5, 5.41) is 8.81. The summed E-state index contributed by atoms with van der Waals surface area (Å²) in [5.74, 6) is 5.53. The Balaban J connectivity index is 2.42. The van der Waals surface area contributed by atoms with E-state index in [1.54, 1.807) is 28.6 Å². The van der Waals surface area contributed by atoms with Gasteiger partial charge in [-0.1, -0.05) is 37.8 Å². The van der Waals surface area contributed by atoms with Gasteiger partial charge in [0.2, 0.25) is 10.0 Å². The molecule has 0 atom stereocenters. The molecular weight excluding hydrogens is 286 g/mol. The highest BCUT2D eigenvalue weighted by molar-refractivity contribution is 7.89. The van der Waals surface area contributed by atoms with E-state index >= 15 is 0 Å². The first-order valence-corrected chi connectivity index (χ1v) is 8.61. The molecule has 4 nitrogen and oxygen atoms in total. The number of rotatable bonds is 5. The van der Waals surface area contributed by atoms with Crippen LogP contribution in [-0.4, -0.2) is 37.0 Å². The summed E-state index contributed by atoms with van der Waals surface area (Å²) in [6.45, 7) is 4.27. The molecular formula is C16H21NO3S. The van der Waals surface area contributed by atoms with Gasteiger partial charge in [0.1, 0.15) is 6.61 Å². The lowest BCUT2D eigenvalue weighted by Crippen LogP contribution is -2.36. The summed E-state index contributed by atoms with van der Waals surface area (Å²) in [5.41, 5.74) is 0.445. The zero-order chi connectivity index (χ0) is 15.5. The lowest BCUT2D eigenvalue weighted by molar-refractivity contribution is 0.350. The van der Waals surface area contributed by atoms with Crippen LogP contribution in [0.4, 0.5) is 0 Å². The largest absolute Gasteiger partial charge is 0.384 e. The summed E-state index contributed by atoms with van der Waals surface area (Å²) in [6, 6.07) is 6.85. The van der Waals surface area contributed by atoms with Crippen molar-refractivity contribution in [3.05, 3.63) is 29.8 Å². The molecule has 0 saturated heterocycles. The second-order valence-electron chi connectivity index (χ2n) is 5.66. The van der Waals surface area contributed by atoms with Crippen molar-refractivity contribution >= 4 is 10.0 Å². The molecule has 0 heterocycles. The van der Waals surface area contributed by atoms with Crippen molar-refractivity contribution in [2.75, 3.05) is 13.2 Å². The van der Waals surface area contributed by atoms with Crippen LogP contribution < -0.4 is 0 Å². The van der Waals surface area contributed by atoms with Crippen LogP contribution >= 0.6 is 0 Å². The van der Waals surface area contributed by atoms with Crippen molar-refractivity contribution in [2.45, 2.75) is 37.6 Å². The third-order valence-corrected chi connectivity index (χ3v) is 5.25. The first-order chi connectivity index (χ1) is 9.96. The minimum atomic E-state index is -3.54. The Morgan fingerprint density at radius 1 is 1.33 bits per heavy atom. The molecule has 0 bridgehead atoms. The van der Waals surface area contributed by atoms with Crippen LogP contribution in [0.1, 0.15) is 32.3 Å². The third kappa shape index (κ3) is 3.85. The van der Waals surface area contributed by atoms with Crippen molar-refractivity contribution in [1.82, 2.24) is 4.31 Å². The number of hydrogen-bond donors (Lipinski definition) is 1. The molecule has 0 aliphatic heterocycles. The molecule has 1 aromatic rings. The Labute approximate surface area is 126 Å². The number of benzene rings is 1. The van der Waals surface area contributed by atoms with Gasteiger partial charge in [-0.15, -0.1) is 0 Å². The molecule has 2 rings (SSSR count). The second-order valence-corrected chi connectivity index (χ2v) is 7.51. The zero-order valence-corrected chi connectivity index (χ0v) is 13.2. The van der Waals surface area contributed by atoms with Crippen LogP contribution in [-0.2, 0) is 10.0 Å². The van der Waals surface area contributed by atoms with Crippen LogP contribution in [0.3, 0.4) is 0 Å². The quantitative estimate of drug-likeness (QED) is 0.845. The van der Waals surface area contributed by atoms with Crippen LogP contribution in [0, 0.1) is 17.8 Å². The number of aliphatic hydroxyl groups is 1. The van der Waals surface area contributed by atoms with E-state index in [1.165, 1.54) is 0 Å². The van der Waals surface area contributed by atoms with Gasteiger partial charge in [0.15, 0.2) is 0 Å². The normalized spacial score (nSPS) is 15.1. The lowest BCUT2D eigenvalue weighted by Gasteiger charge is -2.24. The third-order valence-electron chi connectivity index (χ3n) is 3.28. The Morgan fingerprint density at radius 3 is 2.57 bits per heavy atom. The summed E-state index contributed by atoms with van der Waals surface area (Å²) in [4.78, 5) is 0.235. The minimum absolute atomic E-state index is 0.122. The predicted molar refractivity (Wildman–Crippen MR) is 82.2 cm³/mol. The fraction of sp³-hybridized carbons (Fsp3) is 0.500. The number of nitrogens with zero attached hydrogens (tertiary/aromatic N) is 1. The highest BCUT2D eigenvalue weighted by Gasteiger charge is 2.38. The molecule has 21 heavy (non-hydrogen) atoms. The van der Waals surface area contributed by atoms with Crippen LogP contribution in [0.5, 0.6) is 0 Å². The van der Waals surface area contributed by atoms with E-state index in [4.69, 9.17) is 5.11 Å². The van der Waals surface area contributed by atoms with Crippen LogP contribution in [0.15, 0.2) is 29.2 Å². The van der Waals surface area contributed by atoms with E-state index in [0.29, 0.717) is 12.1 Å². The van der Waals surface area contributed by atoms with E-state index < -0.39 is 10.0 Å². The van der Waals surface area contributed by atoms with E-state index in [0.717, 1.165) is 12.8 Å². The maximum atomic E-state index is 12.9. The topological polar surface area (TPSA) is 57.6 Å². The monoisotopic (exact) mass is 307 g/mol. The molecule has 0 amide bonds. The number of hydrogen-bond acceptors (Lipinski definition) is 3. The molecule has 1 fully saturated rings. The highest BCUT2D eigenvalue weighted by atomic mass is 32.2. The second kappa shape index (κ2) is 6.61. The van der Waals surface area contributed by atoms with E-state index in [1.807, 2.05) is 13.8 Å². The standard InChI is InChI=1S/C16H21NO3S/c1-13(2)12-17(15-9-10-15)21(19,20)16-8-4-3-6-14(16)7-5-11-18/h3-4,6,8,13,15,18H,9-12H2,1-2H3. The molecule has 1 aliphatic carbocycles. The van der Waals surface area contributed by atoms with Gasteiger partial charge in [0.25, 0.3) is 0 Å². The molecule has 5 heteroatoms. The first-order valence-electron chi connectivity index (χ1n) is 7.17. The molecule has 0 spiro atoms. The molecule has 0 unspecified atom stereocenters. The Bertz CT molecular complexity index is 652. The Morgan fingerprint density at radius 2 is 2.00 bits per heavy atom. The average Bonchev–Trinajstić information content (AvgIpc) is 3.27. The maximum absolute atomic E-state index is 12.9. The molecule has 1 N–H and O–H groups in total. The fourth-order valence-corrected chi connectivity index (χ4v) is 4.22. The van der Waals surface area contributed by atoms with Crippen molar-refractivity contribution in [2.24, 2.45) is 5.92 Å². The van der Waals surface area contributed by atoms with Gasteiger partial charge >= 0.3 is 0 Å². The first kappa shape index (κ1) is 16.0. The smallest absolute Gasteiger partial charge is 0.244 e. The van der Waals surface area contributed by atoms with E-state index in [-0.39, 0.29) is 23.5 Å². The highest BCUT2D eigenvalue weighted by Crippen LogP contribution is 2.33. The van der Waals surface area contributed by atoms with Gasteiger partial charge in [-0.05, 0) is 30.9 Å². The summed E-state index contributed by atoms with van der Waals surface area (Å²) in [7, 11) is -3.54. The van der Waals surface area contributed by atoms with Gasteiger partial charge in [-0.2, -0.15) is 4.31 Å². The number of aliphatic hydroxyl groups excluding tert-OH is 1. The van der Waals surface area contributed by atoms with Crippen molar-refractivity contribution in [1.29, 1.82) is 0 Å². The molecule has 1 saturated carbocycles. The van der Waals surface area contributed by atoms with E-state index in [2.05, 4.69) is 11.8 Å².